The molecule has 2 bridgehead atoms. The lowest BCUT2D eigenvalue weighted by atomic mass is 9.63. The number of anilines is 1. The second kappa shape index (κ2) is 7.76. The van der Waals surface area contributed by atoms with Crippen LogP contribution in [0.2, 0.25) is 0 Å². The summed E-state index contributed by atoms with van der Waals surface area (Å²) >= 11 is 0. The number of hydrogen-bond donors (Lipinski definition) is 0. The summed E-state index contributed by atoms with van der Waals surface area (Å²) in [6, 6.07) is 15.1. The third kappa shape index (κ3) is 3.08. The number of nitrogens with zero attached hydrogens (tertiary/aromatic N) is 1. The molecular weight excluding hydrogens is 430 g/mol. The molecule has 1 aliphatic heterocycles. The third-order valence-electron chi connectivity index (χ3n) is 7.99. The van der Waals surface area contributed by atoms with E-state index >= 15 is 0 Å². The zero-order valence-electron chi connectivity index (χ0n) is 18.8. The molecular formula is C28H25NO5. The highest BCUT2D eigenvalue weighted by Gasteiger charge is 2.67. The van der Waals surface area contributed by atoms with Gasteiger partial charge in [0.1, 0.15) is 0 Å². The Morgan fingerprint density at radius 1 is 0.882 bits per heavy atom. The number of benzene rings is 2. The minimum atomic E-state index is -0.881. The molecule has 1 saturated heterocycles. The number of esters is 1. The Bertz CT molecular complexity index is 1180. The molecule has 0 unspecified atom stereocenters. The van der Waals surface area contributed by atoms with Gasteiger partial charge in [-0.1, -0.05) is 49.4 Å². The normalized spacial score (nSPS) is 31.1. The molecule has 3 fully saturated rings. The predicted molar refractivity (Wildman–Crippen MR) is 124 cm³/mol. The monoisotopic (exact) mass is 455 g/mol. The van der Waals surface area contributed by atoms with Crippen LogP contribution in [0, 0.1) is 35.5 Å². The highest BCUT2D eigenvalue weighted by Crippen LogP contribution is 2.65. The number of rotatable bonds is 6. The quantitative estimate of drug-likeness (QED) is 0.284. The Kier molecular flexibility index (Phi) is 4.80. The molecule has 6 nitrogen and oxygen atoms in total. The minimum absolute atomic E-state index is 0.130. The maximum absolute atomic E-state index is 13.3. The van der Waals surface area contributed by atoms with Crippen molar-refractivity contribution in [3.05, 3.63) is 77.9 Å². The van der Waals surface area contributed by atoms with E-state index in [0.29, 0.717) is 29.5 Å². The Labute approximate surface area is 197 Å². The van der Waals surface area contributed by atoms with E-state index < -0.39 is 12.1 Å². The number of ether oxygens (including phenoxy) is 1. The molecule has 7 rings (SSSR count). The number of ketones is 1. The first kappa shape index (κ1) is 21.0. The van der Waals surface area contributed by atoms with Crippen LogP contribution in [0.25, 0.3) is 0 Å². The van der Waals surface area contributed by atoms with Gasteiger partial charge in [0.25, 0.3) is 0 Å². The second-order valence-electron chi connectivity index (χ2n) is 9.75. The highest BCUT2D eigenvalue weighted by molar-refractivity contribution is 6.22. The summed E-state index contributed by atoms with van der Waals surface area (Å²) in [5, 5.41) is 0. The summed E-state index contributed by atoms with van der Waals surface area (Å²) in [5.41, 5.74) is 1.23. The molecule has 4 aliphatic carbocycles. The molecule has 0 aromatic heterocycles. The van der Waals surface area contributed by atoms with Gasteiger partial charge in [-0.15, -0.1) is 0 Å². The first-order chi connectivity index (χ1) is 16.5. The van der Waals surface area contributed by atoms with E-state index in [4.69, 9.17) is 4.74 Å². The zero-order chi connectivity index (χ0) is 23.6. The fraction of sp³-hybridized carbons (Fsp3) is 0.357. The Balaban J connectivity index is 1.18. The van der Waals surface area contributed by atoms with Crippen molar-refractivity contribution in [3.63, 3.8) is 0 Å². The maximum Gasteiger partial charge on any atom is 0.338 e. The summed E-state index contributed by atoms with van der Waals surface area (Å²) < 4.78 is 5.50. The number of carbonyl (C=O) groups is 4. The van der Waals surface area contributed by atoms with Crippen LogP contribution in [0.15, 0.2) is 66.7 Å². The largest absolute Gasteiger partial charge is 0.450 e. The van der Waals surface area contributed by atoms with Crippen LogP contribution in [0.5, 0.6) is 0 Å². The van der Waals surface area contributed by atoms with Crippen molar-refractivity contribution in [2.75, 3.05) is 4.90 Å². The maximum atomic E-state index is 13.3. The van der Waals surface area contributed by atoms with Gasteiger partial charge in [-0.05, 0) is 60.8 Å². The summed E-state index contributed by atoms with van der Waals surface area (Å²) in [6.07, 6.45) is 4.89. The standard InChI is InChI=1S/C28H25NO5/c1-2-22(25(30)15-6-4-3-5-7-15)34-28(33)16-8-10-17(11-9-16)29-26(31)23-18-12-13-19(21-14-20(18)21)24(23)27(29)32/h3-13,18-24H,2,14H2,1H3/t18-,19-,20-,21-,22-,23-,24+/m0/s1. The first-order valence-electron chi connectivity index (χ1n) is 12.0. The van der Waals surface area contributed by atoms with Crippen LogP contribution in [-0.4, -0.2) is 29.7 Å². The third-order valence-corrected chi connectivity index (χ3v) is 7.99. The molecule has 0 N–H and O–H groups in total. The summed E-state index contributed by atoms with van der Waals surface area (Å²) in [4.78, 5) is 53.2. The molecule has 0 radical (unpaired) electrons. The van der Waals surface area contributed by atoms with Crippen molar-refractivity contribution >= 4 is 29.3 Å². The first-order valence-corrected chi connectivity index (χ1v) is 12.0. The summed E-state index contributed by atoms with van der Waals surface area (Å²) in [6.45, 7) is 1.79. The Hall–Kier alpha value is -3.54. The lowest BCUT2D eigenvalue weighted by Gasteiger charge is -2.37. The second-order valence-corrected chi connectivity index (χ2v) is 9.75. The van der Waals surface area contributed by atoms with E-state index in [0.717, 1.165) is 6.42 Å². The molecule has 34 heavy (non-hydrogen) atoms. The topological polar surface area (TPSA) is 80.8 Å². The van der Waals surface area contributed by atoms with Gasteiger partial charge in [0.05, 0.1) is 23.1 Å². The molecule has 2 amide bonds. The number of hydrogen-bond acceptors (Lipinski definition) is 5. The number of amides is 2. The van der Waals surface area contributed by atoms with E-state index in [1.54, 1.807) is 55.5 Å². The average molecular weight is 456 g/mol. The molecule has 0 spiro atoms. The van der Waals surface area contributed by atoms with E-state index in [1.165, 1.54) is 4.90 Å². The van der Waals surface area contributed by atoms with E-state index in [9.17, 15) is 19.2 Å². The number of carbonyl (C=O) groups excluding carboxylic acids is 4. The average Bonchev–Trinajstić information content (AvgIpc) is 3.65. The number of allylic oxidation sites excluding steroid dienone is 2. The van der Waals surface area contributed by atoms with E-state index in [1.807, 2.05) is 6.07 Å². The van der Waals surface area contributed by atoms with Crippen LogP contribution in [-0.2, 0) is 14.3 Å². The predicted octanol–water partition coefficient (Wildman–Crippen LogP) is 4.06. The van der Waals surface area contributed by atoms with Gasteiger partial charge in [-0.2, -0.15) is 0 Å². The summed E-state index contributed by atoms with van der Waals surface area (Å²) in [5.74, 6) is -0.194. The van der Waals surface area contributed by atoms with Crippen molar-refractivity contribution in [2.45, 2.75) is 25.9 Å². The van der Waals surface area contributed by atoms with Crippen LogP contribution in [0.1, 0.15) is 40.5 Å². The SMILES string of the molecule is CC[C@H](OC(=O)c1ccc(N2C(=O)[C@@H]3[C@H]4C=C[C@@H]([C@@H]5C[C@@H]45)[C@@H]3C2=O)cc1)C(=O)c1ccccc1. The van der Waals surface area contributed by atoms with Gasteiger partial charge in [0.15, 0.2) is 6.10 Å². The van der Waals surface area contributed by atoms with E-state index in [-0.39, 0.29) is 46.8 Å². The zero-order valence-corrected chi connectivity index (χ0v) is 18.8. The molecule has 2 aromatic carbocycles. The number of imide groups is 1. The number of Topliss-reactive ketones (excluding diaryl/α,β-unsaturated/α-hetero) is 1. The lowest BCUT2D eigenvalue weighted by Crippen LogP contribution is -2.40. The highest BCUT2D eigenvalue weighted by atomic mass is 16.5. The fourth-order valence-corrected chi connectivity index (χ4v) is 6.27. The van der Waals surface area contributed by atoms with Gasteiger partial charge >= 0.3 is 5.97 Å². The molecule has 1 heterocycles. The Morgan fingerprint density at radius 2 is 1.47 bits per heavy atom. The van der Waals surface area contributed by atoms with Crippen LogP contribution in [0.4, 0.5) is 5.69 Å². The van der Waals surface area contributed by atoms with Crippen molar-refractivity contribution in [2.24, 2.45) is 35.5 Å². The van der Waals surface area contributed by atoms with Crippen molar-refractivity contribution in [1.29, 1.82) is 0 Å². The van der Waals surface area contributed by atoms with Gasteiger partial charge in [0, 0.05) is 5.56 Å². The fourth-order valence-electron chi connectivity index (χ4n) is 6.27. The van der Waals surface area contributed by atoms with Crippen LogP contribution < -0.4 is 4.90 Å². The Morgan fingerprint density at radius 3 is 2.03 bits per heavy atom. The lowest BCUT2D eigenvalue weighted by molar-refractivity contribution is -0.124. The van der Waals surface area contributed by atoms with Crippen LogP contribution in [0.3, 0.4) is 0 Å². The van der Waals surface area contributed by atoms with E-state index in [2.05, 4.69) is 12.2 Å². The molecule has 2 aromatic rings. The van der Waals surface area contributed by atoms with Crippen molar-refractivity contribution in [1.82, 2.24) is 0 Å². The minimum Gasteiger partial charge on any atom is -0.450 e. The van der Waals surface area contributed by atoms with Crippen molar-refractivity contribution < 1.29 is 23.9 Å². The molecule has 6 heteroatoms. The van der Waals surface area contributed by atoms with Gasteiger partial charge in [0.2, 0.25) is 17.6 Å². The van der Waals surface area contributed by atoms with Gasteiger partial charge in [-0.25, -0.2) is 4.79 Å². The molecule has 7 atom stereocenters. The van der Waals surface area contributed by atoms with Gasteiger partial charge in [-0.3, -0.25) is 19.3 Å². The summed E-state index contributed by atoms with van der Waals surface area (Å²) in [7, 11) is 0. The van der Waals surface area contributed by atoms with Crippen LogP contribution >= 0.6 is 0 Å². The molecule has 2 saturated carbocycles. The smallest absolute Gasteiger partial charge is 0.338 e. The molecule has 172 valence electrons. The van der Waals surface area contributed by atoms with Crippen molar-refractivity contribution in [3.8, 4) is 0 Å². The molecule has 5 aliphatic rings. The van der Waals surface area contributed by atoms with Gasteiger partial charge < -0.3 is 4.74 Å².